The van der Waals surface area contributed by atoms with Crippen LogP contribution in [0.15, 0.2) is 0 Å². The number of halogens is 5. The fourth-order valence-electron chi connectivity index (χ4n) is 2.85. The summed E-state index contributed by atoms with van der Waals surface area (Å²) in [7, 11) is -11.2. The average molecular weight is 506 g/mol. The van der Waals surface area contributed by atoms with Crippen LogP contribution in [-0.2, 0) is 39.3 Å². The van der Waals surface area contributed by atoms with Crippen LogP contribution in [0.2, 0.25) is 0 Å². The second-order valence-corrected chi connectivity index (χ2v) is 9.82. The van der Waals surface area contributed by atoms with Crippen LogP contribution in [0.5, 0.6) is 0 Å². The highest BCUT2D eigenvalue weighted by Crippen LogP contribution is 2.35. The molecule has 0 spiro atoms. The highest BCUT2D eigenvalue weighted by molar-refractivity contribution is 7.87. The largest absolute Gasteiger partial charge is 0.455 e. The number of hydrogen-bond acceptors (Lipinski definition) is 8. The van der Waals surface area contributed by atoms with E-state index < -0.39 is 73.4 Å². The summed E-state index contributed by atoms with van der Waals surface area (Å²) >= 11 is 0. The molecule has 4 atom stereocenters. The predicted molar refractivity (Wildman–Crippen MR) is 89.8 cm³/mol. The first-order chi connectivity index (χ1) is 13.8. The van der Waals surface area contributed by atoms with Crippen molar-refractivity contribution >= 4 is 32.2 Å². The van der Waals surface area contributed by atoms with Gasteiger partial charge < -0.3 is 9.47 Å². The number of carbonyl (C=O) groups is 2. The summed E-state index contributed by atoms with van der Waals surface area (Å²) in [5.41, 5.74) is 0. The molecular weight excluding hydrogens is 487 g/mol. The molecule has 0 aromatic rings. The molecule has 0 aromatic heterocycles. The Hall–Kier alpha value is -1.59. The zero-order valence-corrected chi connectivity index (χ0v) is 17.3. The Bertz CT molecular complexity index is 884. The predicted octanol–water partition coefficient (Wildman–Crippen LogP) is 1.57. The van der Waals surface area contributed by atoms with E-state index in [0.717, 1.165) is 0 Å². The van der Waals surface area contributed by atoms with Gasteiger partial charge in [0.2, 0.25) is 6.10 Å². The minimum Gasteiger partial charge on any atom is -0.455 e. The van der Waals surface area contributed by atoms with Gasteiger partial charge in [0.15, 0.2) is 6.10 Å². The molecule has 1 fully saturated rings. The zero-order chi connectivity index (χ0) is 24.4. The molecule has 17 heteroatoms. The fourth-order valence-corrected chi connectivity index (χ4v) is 3.96. The molecule has 1 aliphatic carbocycles. The van der Waals surface area contributed by atoms with Gasteiger partial charge in [0.25, 0.3) is 10.1 Å². The van der Waals surface area contributed by atoms with Gasteiger partial charge in [-0.3, -0.25) is 18.7 Å². The Morgan fingerprint density at radius 2 is 1.35 bits per heavy atom. The van der Waals surface area contributed by atoms with Crippen molar-refractivity contribution in [2.75, 3.05) is 5.75 Å². The molecule has 10 nitrogen and oxygen atoms in total. The Morgan fingerprint density at radius 1 is 0.935 bits per heavy atom. The minimum absolute atomic E-state index is 0.211. The van der Waals surface area contributed by atoms with Crippen molar-refractivity contribution in [3.05, 3.63) is 0 Å². The van der Waals surface area contributed by atoms with Crippen LogP contribution in [0, 0.1) is 11.8 Å². The molecule has 1 saturated carbocycles. The molecule has 0 heterocycles. The van der Waals surface area contributed by atoms with Crippen LogP contribution in [-0.4, -0.2) is 67.3 Å². The van der Waals surface area contributed by atoms with Crippen molar-refractivity contribution in [2.24, 2.45) is 11.8 Å². The molecule has 0 aliphatic heterocycles. The number of hydrogen-bond donors (Lipinski definition) is 2. The molecular formula is C14H19F5O10S2. The SMILES string of the molecule is CC(OC(=O)C1CCCCC1C(=O)OC(CS(=O)(=O)O)C(F)(F)F)C(F)(F)S(=O)(=O)O. The van der Waals surface area contributed by atoms with Gasteiger partial charge in [-0.05, 0) is 19.8 Å². The van der Waals surface area contributed by atoms with Gasteiger partial charge in [-0.1, -0.05) is 12.8 Å². The minimum atomic E-state index is -5.97. The summed E-state index contributed by atoms with van der Waals surface area (Å²) in [6, 6.07) is 0. The van der Waals surface area contributed by atoms with Crippen LogP contribution in [0.1, 0.15) is 32.6 Å². The summed E-state index contributed by atoms with van der Waals surface area (Å²) in [5, 5.41) is -4.90. The second-order valence-electron chi connectivity index (χ2n) is 6.83. The molecule has 0 amide bonds. The number of rotatable bonds is 8. The molecule has 0 aromatic carbocycles. The lowest BCUT2D eigenvalue weighted by Gasteiger charge is -2.31. The van der Waals surface area contributed by atoms with Gasteiger partial charge in [0, 0.05) is 0 Å². The number of alkyl halides is 5. The highest BCUT2D eigenvalue weighted by Gasteiger charge is 2.53. The Morgan fingerprint density at radius 3 is 1.71 bits per heavy atom. The maximum absolute atomic E-state index is 13.6. The van der Waals surface area contributed by atoms with Crippen molar-refractivity contribution in [2.45, 2.75) is 56.2 Å². The van der Waals surface area contributed by atoms with Crippen molar-refractivity contribution < 1.29 is 67.0 Å². The third kappa shape index (κ3) is 7.50. The first-order valence-electron chi connectivity index (χ1n) is 8.55. The molecule has 2 N–H and O–H groups in total. The number of ether oxygens (including phenoxy) is 2. The molecule has 31 heavy (non-hydrogen) atoms. The molecule has 182 valence electrons. The summed E-state index contributed by atoms with van der Waals surface area (Å²) in [6.07, 6.45) is -11.3. The van der Waals surface area contributed by atoms with Crippen molar-refractivity contribution in [1.29, 1.82) is 0 Å². The van der Waals surface area contributed by atoms with E-state index in [4.69, 9.17) is 9.11 Å². The van der Waals surface area contributed by atoms with E-state index >= 15 is 0 Å². The number of esters is 2. The van der Waals surface area contributed by atoms with Crippen LogP contribution in [0.3, 0.4) is 0 Å². The van der Waals surface area contributed by atoms with Crippen molar-refractivity contribution in [1.82, 2.24) is 0 Å². The lowest BCUT2D eigenvalue weighted by Crippen LogP contribution is -2.46. The van der Waals surface area contributed by atoms with Gasteiger partial charge in [-0.15, -0.1) is 0 Å². The third-order valence-corrected chi connectivity index (χ3v) is 6.21. The molecule has 1 aliphatic rings. The van der Waals surface area contributed by atoms with Crippen molar-refractivity contribution in [3.63, 3.8) is 0 Å². The van der Waals surface area contributed by atoms with E-state index in [2.05, 4.69) is 9.47 Å². The Labute approximate surface area is 173 Å². The first kappa shape index (κ1) is 27.4. The van der Waals surface area contributed by atoms with Crippen molar-refractivity contribution in [3.8, 4) is 0 Å². The zero-order valence-electron chi connectivity index (χ0n) is 15.7. The maximum Gasteiger partial charge on any atom is 0.426 e. The van der Waals surface area contributed by atoms with E-state index in [-0.39, 0.29) is 25.7 Å². The monoisotopic (exact) mass is 506 g/mol. The van der Waals surface area contributed by atoms with Crippen LogP contribution < -0.4 is 0 Å². The molecule has 4 unspecified atom stereocenters. The quantitative estimate of drug-likeness (QED) is 0.281. The average Bonchev–Trinajstić information content (AvgIpc) is 2.58. The van der Waals surface area contributed by atoms with Gasteiger partial charge in [-0.2, -0.15) is 38.8 Å². The smallest absolute Gasteiger partial charge is 0.426 e. The van der Waals surface area contributed by atoms with Crippen LogP contribution >= 0.6 is 0 Å². The second kappa shape index (κ2) is 9.50. The van der Waals surface area contributed by atoms with Gasteiger partial charge in [0.05, 0.1) is 11.8 Å². The maximum atomic E-state index is 13.6. The summed E-state index contributed by atoms with van der Waals surface area (Å²) < 4.78 is 135. The highest BCUT2D eigenvalue weighted by atomic mass is 32.2. The molecule has 1 rings (SSSR count). The molecule has 0 bridgehead atoms. The van der Waals surface area contributed by atoms with E-state index in [1.54, 1.807) is 0 Å². The van der Waals surface area contributed by atoms with Crippen LogP contribution in [0.25, 0.3) is 0 Å². The normalized spacial score (nSPS) is 23.0. The van der Waals surface area contributed by atoms with Gasteiger partial charge >= 0.3 is 33.5 Å². The summed E-state index contributed by atoms with van der Waals surface area (Å²) in [6.45, 7) is 0.438. The molecule has 0 radical (unpaired) electrons. The number of carbonyl (C=O) groups excluding carboxylic acids is 2. The van der Waals surface area contributed by atoms with E-state index in [1.807, 2.05) is 0 Å². The Kier molecular flexibility index (Phi) is 8.41. The lowest BCUT2D eigenvalue weighted by atomic mass is 9.79. The standard InChI is InChI=1S/C14H19F5O10S2/c1-7(14(18,19)31(25,26)27)28-11(20)8-4-2-3-5-9(8)12(21)29-10(13(15,16)17)6-30(22,23)24/h7-10H,2-6H2,1H3,(H,22,23,24)(H,25,26,27). The lowest BCUT2D eigenvalue weighted by molar-refractivity contribution is -0.219. The van der Waals surface area contributed by atoms with E-state index in [1.165, 1.54) is 0 Å². The first-order valence-corrected chi connectivity index (χ1v) is 11.6. The summed E-state index contributed by atoms with van der Waals surface area (Å²) in [4.78, 5) is 24.4. The van der Waals surface area contributed by atoms with Gasteiger partial charge in [0.1, 0.15) is 5.75 Å². The van der Waals surface area contributed by atoms with Crippen LogP contribution in [0.4, 0.5) is 22.0 Å². The Balaban J connectivity index is 3.02. The molecule has 0 saturated heterocycles. The van der Waals surface area contributed by atoms with Gasteiger partial charge in [-0.25, -0.2) is 0 Å². The fraction of sp³-hybridized carbons (Fsp3) is 0.857. The van der Waals surface area contributed by atoms with E-state index in [0.29, 0.717) is 6.92 Å². The van der Waals surface area contributed by atoms with E-state index in [9.17, 15) is 48.4 Å². The topological polar surface area (TPSA) is 161 Å². The summed E-state index contributed by atoms with van der Waals surface area (Å²) in [5.74, 6) is -8.46. The third-order valence-electron chi connectivity index (χ3n) is 4.47.